The first-order chi connectivity index (χ1) is 14.4. The number of alkyl halides is 3. The van der Waals surface area contributed by atoms with Crippen LogP contribution in [-0.2, 0) is 23.8 Å². The molecule has 11 heteroatoms. The van der Waals surface area contributed by atoms with Crippen LogP contribution in [0.2, 0.25) is 0 Å². The topological polar surface area (TPSA) is 74.8 Å². The van der Waals surface area contributed by atoms with Crippen LogP contribution in [0.4, 0.5) is 13.2 Å². The van der Waals surface area contributed by atoms with Gasteiger partial charge in [-0.3, -0.25) is 4.79 Å². The first-order valence-corrected chi connectivity index (χ1v) is 10.8. The van der Waals surface area contributed by atoms with Crippen molar-refractivity contribution in [3.63, 3.8) is 0 Å². The van der Waals surface area contributed by atoms with Crippen LogP contribution in [0.15, 0.2) is 36.0 Å². The van der Waals surface area contributed by atoms with Crippen molar-refractivity contribution in [1.29, 1.82) is 0 Å². The van der Waals surface area contributed by atoms with Crippen molar-refractivity contribution in [3.8, 4) is 0 Å². The Morgan fingerprint density at radius 3 is 2.87 bits per heavy atom. The van der Waals surface area contributed by atoms with Crippen molar-refractivity contribution < 1.29 is 18.0 Å². The highest BCUT2D eigenvalue weighted by Crippen LogP contribution is 2.38. The number of H-pyrrole nitrogens is 1. The molecule has 4 aromatic rings. The summed E-state index contributed by atoms with van der Waals surface area (Å²) in [5.74, 6) is -0.295. The van der Waals surface area contributed by atoms with Gasteiger partial charge in [-0.1, -0.05) is 12.1 Å². The smallest absolute Gasteiger partial charge is 0.348 e. The molecule has 1 N–H and O–H groups in total. The van der Waals surface area contributed by atoms with Gasteiger partial charge in [0.1, 0.15) is 16.1 Å². The third-order valence-electron chi connectivity index (χ3n) is 4.93. The number of para-hydroxylation sites is 1. The Bertz CT molecular complexity index is 1200. The van der Waals surface area contributed by atoms with Crippen LogP contribution in [0.3, 0.4) is 0 Å². The van der Waals surface area contributed by atoms with Crippen LogP contribution in [0, 0.1) is 0 Å². The zero-order valence-electron chi connectivity index (χ0n) is 15.3. The van der Waals surface area contributed by atoms with Crippen LogP contribution in [0.1, 0.15) is 33.1 Å². The molecule has 0 radical (unpaired) electrons. The predicted octanol–water partition coefficient (Wildman–Crippen LogP) is 4.21. The van der Waals surface area contributed by atoms with Crippen molar-refractivity contribution in [1.82, 2.24) is 24.8 Å². The molecule has 30 heavy (non-hydrogen) atoms. The summed E-state index contributed by atoms with van der Waals surface area (Å²) >= 11 is 2.33. The Morgan fingerprint density at radius 2 is 2.10 bits per heavy atom. The van der Waals surface area contributed by atoms with Gasteiger partial charge in [-0.2, -0.15) is 13.2 Å². The van der Waals surface area contributed by atoms with Gasteiger partial charge < -0.3 is 9.88 Å². The standard InChI is InChI=1S/C19H14F3N5OS2/c20-19(21,22)13-8-29-14(26-13)7-15(28)27-6-5-11-16(24-9-23-11)17(27)18-25-10-3-1-2-4-12(10)30-18/h1-4,8-9,17H,5-7H2,(H,23,24)/t17-/m0/s1. The maximum absolute atomic E-state index is 13.1. The Kier molecular flexibility index (Phi) is 4.58. The van der Waals surface area contributed by atoms with Gasteiger partial charge in [-0.15, -0.1) is 22.7 Å². The van der Waals surface area contributed by atoms with Gasteiger partial charge in [-0.25, -0.2) is 15.0 Å². The number of halogens is 3. The van der Waals surface area contributed by atoms with Crippen LogP contribution >= 0.6 is 22.7 Å². The minimum Gasteiger partial charge on any atom is -0.348 e. The monoisotopic (exact) mass is 449 g/mol. The van der Waals surface area contributed by atoms with E-state index in [-0.39, 0.29) is 17.3 Å². The number of fused-ring (bicyclic) bond motifs is 2. The summed E-state index contributed by atoms with van der Waals surface area (Å²) in [6.45, 7) is 0.423. The summed E-state index contributed by atoms with van der Waals surface area (Å²) in [4.78, 5) is 30.6. The van der Waals surface area contributed by atoms with Crippen molar-refractivity contribution in [2.24, 2.45) is 0 Å². The number of rotatable bonds is 3. The number of thiazole rings is 2. The van der Waals surface area contributed by atoms with Gasteiger partial charge in [0.05, 0.1) is 28.7 Å². The molecule has 0 aliphatic carbocycles. The average molecular weight is 449 g/mol. The molecule has 0 saturated heterocycles. The molecule has 0 fully saturated rings. The number of carbonyl (C=O) groups is 1. The van der Waals surface area contributed by atoms with E-state index in [1.54, 1.807) is 11.2 Å². The number of aromatic amines is 1. The van der Waals surface area contributed by atoms with Gasteiger partial charge in [0, 0.05) is 24.0 Å². The van der Waals surface area contributed by atoms with Crippen molar-refractivity contribution >= 4 is 38.8 Å². The van der Waals surface area contributed by atoms with Gasteiger partial charge in [0.15, 0.2) is 5.69 Å². The van der Waals surface area contributed by atoms with E-state index >= 15 is 0 Å². The third-order valence-corrected chi connectivity index (χ3v) is 6.87. The first kappa shape index (κ1) is 19.2. The number of nitrogens with one attached hydrogen (secondary N) is 1. The molecule has 1 aromatic carbocycles. The second-order valence-corrected chi connectivity index (χ2v) is 8.83. The molecule has 5 rings (SSSR count). The zero-order chi connectivity index (χ0) is 20.9. The number of carbonyl (C=O) groups excluding carboxylic acids is 1. The fraction of sp³-hybridized carbons (Fsp3) is 0.263. The summed E-state index contributed by atoms with van der Waals surface area (Å²) in [6, 6.07) is 7.22. The lowest BCUT2D eigenvalue weighted by Gasteiger charge is -2.33. The lowest BCUT2D eigenvalue weighted by Crippen LogP contribution is -2.41. The fourth-order valence-corrected chi connectivity index (χ4v) is 5.43. The van der Waals surface area contributed by atoms with Crippen LogP contribution < -0.4 is 0 Å². The molecule has 0 unspecified atom stereocenters. The van der Waals surface area contributed by atoms with Crippen molar-refractivity contribution in [2.75, 3.05) is 6.54 Å². The number of amides is 1. The summed E-state index contributed by atoms with van der Waals surface area (Å²) in [6.07, 6.45) is -2.53. The molecule has 6 nitrogen and oxygen atoms in total. The molecular weight excluding hydrogens is 435 g/mol. The number of nitrogens with zero attached hydrogens (tertiary/aromatic N) is 4. The zero-order valence-corrected chi connectivity index (χ0v) is 16.9. The third kappa shape index (κ3) is 3.37. The normalized spacial score (nSPS) is 16.8. The number of benzene rings is 1. The van der Waals surface area contributed by atoms with E-state index in [4.69, 9.17) is 4.98 Å². The predicted molar refractivity (Wildman–Crippen MR) is 106 cm³/mol. The first-order valence-electron chi connectivity index (χ1n) is 9.09. The number of aromatic nitrogens is 4. The van der Waals surface area contributed by atoms with Crippen LogP contribution in [0.5, 0.6) is 0 Å². The highest BCUT2D eigenvalue weighted by molar-refractivity contribution is 7.18. The number of hydrogen-bond acceptors (Lipinski definition) is 6. The van der Waals surface area contributed by atoms with E-state index in [0.717, 1.165) is 43.3 Å². The van der Waals surface area contributed by atoms with E-state index in [1.807, 2.05) is 24.3 Å². The average Bonchev–Trinajstić information content (AvgIpc) is 3.44. The van der Waals surface area contributed by atoms with Gasteiger partial charge in [0.2, 0.25) is 5.91 Å². The Hall–Kier alpha value is -2.79. The molecule has 1 amide bonds. The van der Waals surface area contributed by atoms with E-state index < -0.39 is 17.9 Å². The van der Waals surface area contributed by atoms with Gasteiger partial charge in [0.25, 0.3) is 0 Å². The summed E-state index contributed by atoms with van der Waals surface area (Å²) in [5, 5.41) is 1.81. The largest absolute Gasteiger partial charge is 0.434 e. The molecule has 0 bridgehead atoms. The van der Waals surface area contributed by atoms with Crippen molar-refractivity contribution in [3.05, 3.63) is 63.1 Å². The number of hydrogen-bond donors (Lipinski definition) is 1. The maximum Gasteiger partial charge on any atom is 0.434 e. The van der Waals surface area contributed by atoms with Crippen LogP contribution in [0.25, 0.3) is 10.2 Å². The fourth-order valence-electron chi connectivity index (χ4n) is 3.56. The molecule has 1 aliphatic rings. The van der Waals surface area contributed by atoms with Gasteiger partial charge >= 0.3 is 6.18 Å². The van der Waals surface area contributed by atoms with Crippen molar-refractivity contribution in [2.45, 2.75) is 25.1 Å². The van der Waals surface area contributed by atoms with E-state index in [2.05, 4.69) is 15.0 Å². The molecule has 1 atom stereocenters. The SMILES string of the molecule is O=C(Cc1nc(C(F)(F)F)cs1)N1CCc2[nH]cnc2[C@H]1c1nc2ccccc2s1. The van der Waals surface area contributed by atoms with Crippen LogP contribution in [-0.4, -0.2) is 37.3 Å². The lowest BCUT2D eigenvalue weighted by atomic mass is 10.0. The second kappa shape index (κ2) is 7.17. The van der Waals surface area contributed by atoms with E-state index in [1.165, 1.54) is 11.3 Å². The molecule has 0 spiro atoms. The quantitative estimate of drug-likeness (QED) is 0.509. The minimum absolute atomic E-state index is 0.142. The lowest BCUT2D eigenvalue weighted by molar-refractivity contribution is -0.141. The summed E-state index contributed by atoms with van der Waals surface area (Å²) in [5.41, 5.74) is 1.54. The summed E-state index contributed by atoms with van der Waals surface area (Å²) < 4.78 is 39.5. The molecule has 0 saturated carbocycles. The molecule has 154 valence electrons. The second-order valence-electron chi connectivity index (χ2n) is 6.83. The molecule has 4 heterocycles. The summed E-state index contributed by atoms with van der Waals surface area (Å²) in [7, 11) is 0. The highest BCUT2D eigenvalue weighted by Gasteiger charge is 2.37. The molecule has 3 aromatic heterocycles. The minimum atomic E-state index is -4.52. The Balaban J connectivity index is 1.48. The maximum atomic E-state index is 13.1. The Labute approximate surface area is 176 Å². The van der Waals surface area contributed by atoms with E-state index in [9.17, 15) is 18.0 Å². The van der Waals surface area contributed by atoms with Gasteiger partial charge in [-0.05, 0) is 12.1 Å². The molecule has 1 aliphatic heterocycles. The Morgan fingerprint density at radius 1 is 1.27 bits per heavy atom. The molecular formula is C19H14F3N5OS2. The highest BCUT2D eigenvalue weighted by atomic mass is 32.1. The van der Waals surface area contributed by atoms with E-state index in [0.29, 0.717) is 13.0 Å². The number of imidazole rings is 1.